The standard InChI is InChI=1S/C14H13FN2O5S2/c1-2-22-13(19)11-7-23-14(16-11)17-12(18)8-24(20,21)10-5-3-9(15)4-6-10/h3-7H,2,8H2,1H3,(H,16,17,18). The Balaban J connectivity index is 2.02. The van der Waals surface area contributed by atoms with E-state index in [2.05, 4.69) is 10.3 Å². The Morgan fingerprint density at radius 3 is 2.58 bits per heavy atom. The molecule has 0 fully saturated rings. The van der Waals surface area contributed by atoms with Crippen LogP contribution in [-0.4, -0.2) is 37.6 Å². The van der Waals surface area contributed by atoms with Crippen molar-refractivity contribution in [2.75, 3.05) is 17.7 Å². The van der Waals surface area contributed by atoms with Gasteiger partial charge in [-0.2, -0.15) is 0 Å². The van der Waals surface area contributed by atoms with E-state index in [9.17, 15) is 22.4 Å². The third-order valence-electron chi connectivity index (χ3n) is 2.73. The van der Waals surface area contributed by atoms with Gasteiger partial charge in [-0.05, 0) is 31.2 Å². The normalized spacial score (nSPS) is 11.1. The number of aromatic nitrogens is 1. The number of halogens is 1. The largest absolute Gasteiger partial charge is 0.461 e. The van der Waals surface area contributed by atoms with Crippen molar-refractivity contribution in [3.8, 4) is 0 Å². The summed E-state index contributed by atoms with van der Waals surface area (Å²) in [6.45, 7) is 1.83. The van der Waals surface area contributed by atoms with Crippen LogP contribution in [0.25, 0.3) is 0 Å². The maximum atomic E-state index is 12.8. The van der Waals surface area contributed by atoms with Gasteiger partial charge in [0.15, 0.2) is 20.7 Å². The highest BCUT2D eigenvalue weighted by atomic mass is 32.2. The lowest BCUT2D eigenvalue weighted by Crippen LogP contribution is -2.23. The molecule has 0 aliphatic heterocycles. The van der Waals surface area contributed by atoms with Gasteiger partial charge in [0.25, 0.3) is 0 Å². The third-order valence-corrected chi connectivity index (χ3v) is 5.12. The Labute approximate surface area is 141 Å². The van der Waals surface area contributed by atoms with Crippen LogP contribution in [0.3, 0.4) is 0 Å². The molecule has 7 nitrogen and oxygen atoms in total. The molecule has 10 heteroatoms. The summed E-state index contributed by atoms with van der Waals surface area (Å²) in [6, 6.07) is 4.16. The van der Waals surface area contributed by atoms with Gasteiger partial charge in [0.2, 0.25) is 5.91 Å². The van der Waals surface area contributed by atoms with Crippen LogP contribution in [0.5, 0.6) is 0 Å². The molecule has 24 heavy (non-hydrogen) atoms. The number of carbonyl (C=O) groups is 2. The zero-order valence-corrected chi connectivity index (χ0v) is 14.1. The minimum absolute atomic E-state index is 0.0264. The highest BCUT2D eigenvalue weighted by Crippen LogP contribution is 2.17. The summed E-state index contributed by atoms with van der Waals surface area (Å²) in [4.78, 5) is 27.0. The zero-order chi connectivity index (χ0) is 17.7. The SMILES string of the molecule is CCOC(=O)c1csc(NC(=O)CS(=O)(=O)c2ccc(F)cc2)n1. The number of ether oxygens (including phenoxy) is 1. The lowest BCUT2D eigenvalue weighted by atomic mass is 10.4. The minimum atomic E-state index is -3.91. The fraction of sp³-hybridized carbons (Fsp3) is 0.214. The number of carbonyl (C=O) groups excluding carboxylic acids is 2. The third kappa shape index (κ3) is 4.59. The van der Waals surface area contributed by atoms with Crippen molar-refractivity contribution in [1.29, 1.82) is 0 Å². The smallest absolute Gasteiger partial charge is 0.357 e. The van der Waals surface area contributed by atoms with Crippen LogP contribution < -0.4 is 5.32 Å². The summed E-state index contributed by atoms with van der Waals surface area (Å²) in [6.07, 6.45) is 0. The molecule has 0 aliphatic rings. The van der Waals surface area contributed by atoms with E-state index in [1.807, 2.05) is 0 Å². The second-order valence-electron chi connectivity index (χ2n) is 4.52. The number of amides is 1. The van der Waals surface area contributed by atoms with Gasteiger partial charge in [0, 0.05) is 5.38 Å². The fourth-order valence-electron chi connectivity index (χ4n) is 1.68. The minimum Gasteiger partial charge on any atom is -0.461 e. The van der Waals surface area contributed by atoms with Crippen LogP contribution in [0, 0.1) is 5.82 Å². The maximum Gasteiger partial charge on any atom is 0.357 e. The Morgan fingerprint density at radius 1 is 1.29 bits per heavy atom. The van der Waals surface area contributed by atoms with Gasteiger partial charge in [0.1, 0.15) is 11.6 Å². The van der Waals surface area contributed by atoms with Crippen LogP contribution in [0.15, 0.2) is 34.5 Å². The first-order valence-electron chi connectivity index (χ1n) is 6.72. The van der Waals surface area contributed by atoms with E-state index >= 15 is 0 Å². The molecule has 0 saturated carbocycles. The number of esters is 1. The summed E-state index contributed by atoms with van der Waals surface area (Å²) in [5, 5.41) is 3.78. The summed E-state index contributed by atoms with van der Waals surface area (Å²) in [7, 11) is -3.91. The molecule has 0 bridgehead atoms. The number of nitrogens with one attached hydrogen (secondary N) is 1. The van der Waals surface area contributed by atoms with Gasteiger partial charge in [0.05, 0.1) is 11.5 Å². The molecule has 1 N–H and O–H groups in total. The zero-order valence-electron chi connectivity index (χ0n) is 12.5. The molecule has 0 aliphatic carbocycles. The molecule has 0 unspecified atom stereocenters. The number of nitrogens with zero attached hydrogens (tertiary/aromatic N) is 1. The Kier molecular flexibility index (Phi) is 5.62. The lowest BCUT2D eigenvalue weighted by Gasteiger charge is -2.04. The van der Waals surface area contributed by atoms with Gasteiger partial charge in [-0.1, -0.05) is 0 Å². The second-order valence-corrected chi connectivity index (χ2v) is 7.37. The molecule has 2 rings (SSSR count). The monoisotopic (exact) mass is 372 g/mol. The summed E-state index contributed by atoms with van der Waals surface area (Å²) in [5.74, 6) is -2.85. The second kappa shape index (κ2) is 7.49. The van der Waals surface area contributed by atoms with Crippen molar-refractivity contribution < 1.29 is 27.1 Å². The van der Waals surface area contributed by atoms with E-state index < -0.39 is 33.3 Å². The van der Waals surface area contributed by atoms with Gasteiger partial charge in [-0.3, -0.25) is 4.79 Å². The Bertz CT molecular complexity index is 846. The van der Waals surface area contributed by atoms with Crippen LogP contribution in [0.2, 0.25) is 0 Å². The number of hydrogen-bond donors (Lipinski definition) is 1. The van der Waals surface area contributed by atoms with E-state index in [0.29, 0.717) is 0 Å². The quantitative estimate of drug-likeness (QED) is 0.613. The van der Waals surface area contributed by atoms with Gasteiger partial charge < -0.3 is 10.1 Å². The molecule has 0 atom stereocenters. The number of benzene rings is 1. The maximum absolute atomic E-state index is 12.8. The predicted octanol–water partition coefficient (Wildman–Crippen LogP) is 1.87. The first-order valence-corrected chi connectivity index (χ1v) is 9.26. The predicted molar refractivity (Wildman–Crippen MR) is 85.2 cm³/mol. The molecule has 1 aromatic carbocycles. The van der Waals surface area contributed by atoms with Crippen LogP contribution >= 0.6 is 11.3 Å². The van der Waals surface area contributed by atoms with E-state index in [1.165, 1.54) is 5.38 Å². The average molecular weight is 372 g/mol. The van der Waals surface area contributed by atoms with Gasteiger partial charge in [-0.25, -0.2) is 22.6 Å². The molecule has 1 heterocycles. The lowest BCUT2D eigenvalue weighted by molar-refractivity contribution is -0.113. The highest BCUT2D eigenvalue weighted by Gasteiger charge is 2.21. The summed E-state index contributed by atoms with van der Waals surface area (Å²) >= 11 is 0.968. The first kappa shape index (κ1) is 18.0. The van der Waals surface area contributed by atoms with Crippen molar-refractivity contribution >= 4 is 38.2 Å². The Hall–Kier alpha value is -2.33. The van der Waals surface area contributed by atoms with E-state index in [-0.39, 0.29) is 22.3 Å². The number of hydrogen-bond acceptors (Lipinski definition) is 7. The highest BCUT2D eigenvalue weighted by molar-refractivity contribution is 7.92. The van der Waals surface area contributed by atoms with Gasteiger partial charge >= 0.3 is 5.97 Å². The summed E-state index contributed by atoms with van der Waals surface area (Å²) < 4.78 is 41.7. The topological polar surface area (TPSA) is 102 Å². The van der Waals surface area contributed by atoms with Crippen LogP contribution in [0.1, 0.15) is 17.4 Å². The number of sulfone groups is 1. The van der Waals surface area contributed by atoms with Crippen molar-refractivity contribution in [1.82, 2.24) is 4.98 Å². The molecule has 0 saturated heterocycles. The van der Waals surface area contributed by atoms with E-state index in [0.717, 1.165) is 35.6 Å². The number of anilines is 1. The molecule has 1 amide bonds. The van der Waals surface area contributed by atoms with Crippen molar-refractivity contribution in [3.05, 3.63) is 41.2 Å². The van der Waals surface area contributed by atoms with Crippen molar-refractivity contribution in [2.45, 2.75) is 11.8 Å². The fourth-order valence-corrected chi connectivity index (χ4v) is 3.51. The van der Waals surface area contributed by atoms with Crippen LogP contribution in [0.4, 0.5) is 9.52 Å². The van der Waals surface area contributed by atoms with E-state index in [4.69, 9.17) is 4.74 Å². The number of rotatable bonds is 6. The summed E-state index contributed by atoms with van der Waals surface area (Å²) in [5.41, 5.74) is 0.0264. The molecule has 128 valence electrons. The Morgan fingerprint density at radius 2 is 1.96 bits per heavy atom. The van der Waals surface area contributed by atoms with Crippen molar-refractivity contribution in [2.24, 2.45) is 0 Å². The van der Waals surface area contributed by atoms with Gasteiger partial charge in [-0.15, -0.1) is 11.3 Å². The molecular formula is C14H13FN2O5S2. The molecular weight excluding hydrogens is 359 g/mol. The molecule has 1 aromatic heterocycles. The molecule has 0 spiro atoms. The van der Waals surface area contributed by atoms with Crippen LogP contribution in [-0.2, 0) is 19.4 Å². The first-order chi connectivity index (χ1) is 11.3. The molecule has 0 radical (unpaired) electrons. The number of thiazole rings is 1. The molecule has 2 aromatic rings. The van der Waals surface area contributed by atoms with E-state index in [1.54, 1.807) is 6.92 Å². The average Bonchev–Trinajstić information content (AvgIpc) is 2.95. The van der Waals surface area contributed by atoms with Crippen molar-refractivity contribution in [3.63, 3.8) is 0 Å².